The Balaban J connectivity index is 1.74. The van der Waals surface area contributed by atoms with Crippen molar-refractivity contribution >= 4 is 33.1 Å². The molecule has 1 fully saturated rings. The van der Waals surface area contributed by atoms with Crippen LogP contribution < -0.4 is 10.6 Å². The van der Waals surface area contributed by atoms with Crippen LogP contribution in [0.1, 0.15) is 12.0 Å². The van der Waals surface area contributed by atoms with Crippen molar-refractivity contribution in [3.63, 3.8) is 0 Å². The lowest BCUT2D eigenvalue weighted by atomic mass is 10.3. The van der Waals surface area contributed by atoms with E-state index in [1.165, 1.54) is 15.6 Å². The van der Waals surface area contributed by atoms with Gasteiger partial charge in [0, 0.05) is 25.0 Å². The van der Waals surface area contributed by atoms with Gasteiger partial charge in [-0.25, -0.2) is 17.5 Å². The standard InChI is InChI=1S/C11H17N3O3S2/c1-9-7-18-8-10(9)13-11(15)12-3-5-14-4-2-6-19(14,16)17/h7-8H,2-6H2,1H3,(H2,12,13,15). The highest BCUT2D eigenvalue weighted by molar-refractivity contribution is 7.89. The predicted molar refractivity (Wildman–Crippen MR) is 76.1 cm³/mol. The van der Waals surface area contributed by atoms with E-state index in [-0.39, 0.29) is 11.8 Å². The van der Waals surface area contributed by atoms with Crippen LogP contribution in [0, 0.1) is 6.92 Å². The van der Waals surface area contributed by atoms with Gasteiger partial charge in [0.2, 0.25) is 10.0 Å². The third-order valence-electron chi connectivity index (χ3n) is 2.95. The van der Waals surface area contributed by atoms with E-state index in [1.807, 2.05) is 17.7 Å². The number of sulfonamides is 1. The molecule has 0 aromatic carbocycles. The topological polar surface area (TPSA) is 78.5 Å². The second-order valence-electron chi connectivity index (χ2n) is 4.42. The second kappa shape index (κ2) is 5.89. The Hall–Kier alpha value is -1.12. The summed E-state index contributed by atoms with van der Waals surface area (Å²) in [5, 5.41) is 9.20. The van der Waals surface area contributed by atoms with Crippen LogP contribution in [0.5, 0.6) is 0 Å². The van der Waals surface area contributed by atoms with Crippen molar-refractivity contribution in [3.05, 3.63) is 16.3 Å². The third-order valence-corrected chi connectivity index (χ3v) is 5.77. The maximum Gasteiger partial charge on any atom is 0.319 e. The van der Waals surface area contributed by atoms with E-state index in [9.17, 15) is 13.2 Å². The predicted octanol–water partition coefficient (Wildman–Crippen LogP) is 1.21. The summed E-state index contributed by atoms with van der Waals surface area (Å²) in [5.41, 5.74) is 1.80. The number of thiophene rings is 1. The van der Waals surface area contributed by atoms with Crippen LogP contribution in [0.25, 0.3) is 0 Å². The average Bonchev–Trinajstić information content (AvgIpc) is 2.87. The highest BCUT2D eigenvalue weighted by atomic mass is 32.2. The van der Waals surface area contributed by atoms with E-state index < -0.39 is 10.0 Å². The maximum atomic E-state index is 11.6. The fourth-order valence-electron chi connectivity index (χ4n) is 1.89. The molecule has 6 nitrogen and oxygen atoms in total. The molecule has 1 aliphatic heterocycles. The van der Waals surface area contributed by atoms with E-state index in [4.69, 9.17) is 0 Å². The number of rotatable bonds is 4. The van der Waals surface area contributed by atoms with Crippen molar-refractivity contribution in [1.29, 1.82) is 0 Å². The monoisotopic (exact) mass is 303 g/mol. The van der Waals surface area contributed by atoms with Crippen molar-refractivity contribution in [2.75, 3.05) is 30.7 Å². The summed E-state index contributed by atoms with van der Waals surface area (Å²) in [6.45, 7) is 3.12. The molecule has 0 atom stereocenters. The highest BCUT2D eigenvalue weighted by Gasteiger charge is 2.27. The SMILES string of the molecule is Cc1cscc1NC(=O)NCCN1CCCS1(=O)=O. The molecule has 0 aliphatic carbocycles. The second-order valence-corrected chi connectivity index (χ2v) is 7.25. The van der Waals surface area contributed by atoms with Crippen molar-refractivity contribution in [1.82, 2.24) is 9.62 Å². The molecule has 106 valence electrons. The summed E-state index contributed by atoms with van der Waals surface area (Å²) in [5.74, 6) is 0.216. The molecule has 0 radical (unpaired) electrons. The van der Waals surface area contributed by atoms with Gasteiger partial charge in [-0.2, -0.15) is 0 Å². The molecule has 8 heteroatoms. The largest absolute Gasteiger partial charge is 0.337 e. The molecular formula is C11H17N3O3S2. The van der Waals surface area contributed by atoms with Crippen molar-refractivity contribution in [2.45, 2.75) is 13.3 Å². The molecule has 0 saturated carbocycles. The van der Waals surface area contributed by atoms with Gasteiger partial charge in [-0.05, 0) is 24.3 Å². The first kappa shape index (κ1) is 14.3. The normalized spacial score (nSPS) is 18.4. The number of nitrogens with one attached hydrogen (secondary N) is 2. The summed E-state index contributed by atoms with van der Waals surface area (Å²) in [6.07, 6.45) is 0.669. The van der Waals surface area contributed by atoms with Crippen LogP contribution in [-0.2, 0) is 10.0 Å². The molecule has 1 saturated heterocycles. The summed E-state index contributed by atoms with van der Waals surface area (Å²) < 4.78 is 24.5. The molecule has 1 aliphatic rings. The molecule has 0 bridgehead atoms. The van der Waals surface area contributed by atoms with Gasteiger partial charge in [0.1, 0.15) is 0 Å². The fourth-order valence-corrected chi connectivity index (χ4v) is 4.20. The van der Waals surface area contributed by atoms with E-state index in [0.717, 1.165) is 11.3 Å². The summed E-state index contributed by atoms with van der Waals surface area (Å²) in [6, 6.07) is -0.307. The van der Waals surface area contributed by atoms with E-state index >= 15 is 0 Å². The van der Waals surface area contributed by atoms with Crippen molar-refractivity contribution < 1.29 is 13.2 Å². The lowest BCUT2D eigenvalue weighted by Gasteiger charge is -2.14. The Morgan fingerprint density at radius 2 is 2.26 bits per heavy atom. The molecule has 0 unspecified atom stereocenters. The first-order valence-corrected chi connectivity index (χ1v) is 8.60. The van der Waals surface area contributed by atoms with Gasteiger partial charge in [0.05, 0.1) is 11.4 Å². The Kier molecular flexibility index (Phi) is 4.43. The Bertz CT molecular complexity index is 553. The minimum absolute atomic E-state index is 0.216. The summed E-state index contributed by atoms with van der Waals surface area (Å²) in [4.78, 5) is 11.6. The minimum atomic E-state index is -3.08. The van der Waals surface area contributed by atoms with Gasteiger partial charge in [-0.15, -0.1) is 11.3 Å². The zero-order chi connectivity index (χ0) is 13.9. The summed E-state index contributed by atoms with van der Waals surface area (Å²) >= 11 is 1.52. The third kappa shape index (κ3) is 3.68. The lowest BCUT2D eigenvalue weighted by Crippen LogP contribution is -2.37. The van der Waals surface area contributed by atoms with Gasteiger partial charge in [-0.3, -0.25) is 0 Å². The average molecular weight is 303 g/mol. The van der Waals surface area contributed by atoms with Gasteiger partial charge in [0.15, 0.2) is 0 Å². The van der Waals surface area contributed by atoms with Crippen LogP contribution in [0.3, 0.4) is 0 Å². The quantitative estimate of drug-likeness (QED) is 0.877. The zero-order valence-corrected chi connectivity index (χ0v) is 12.3. The molecule has 0 spiro atoms. The van der Waals surface area contributed by atoms with Crippen LogP contribution >= 0.6 is 11.3 Å². The molecule has 1 aromatic heterocycles. The molecule has 2 N–H and O–H groups in total. The van der Waals surface area contributed by atoms with E-state index in [1.54, 1.807) is 0 Å². The van der Waals surface area contributed by atoms with Gasteiger partial charge in [0.25, 0.3) is 0 Å². The zero-order valence-electron chi connectivity index (χ0n) is 10.7. The molecule has 2 rings (SSSR count). The number of urea groups is 1. The van der Waals surface area contributed by atoms with Gasteiger partial charge >= 0.3 is 6.03 Å². The van der Waals surface area contributed by atoms with Crippen molar-refractivity contribution in [3.8, 4) is 0 Å². The Morgan fingerprint density at radius 1 is 1.47 bits per heavy atom. The number of amides is 2. The van der Waals surface area contributed by atoms with Crippen LogP contribution in [-0.4, -0.2) is 44.1 Å². The number of hydrogen-bond donors (Lipinski definition) is 2. The van der Waals surface area contributed by atoms with Crippen LogP contribution in [0.2, 0.25) is 0 Å². The first-order chi connectivity index (χ1) is 8.99. The number of hydrogen-bond acceptors (Lipinski definition) is 4. The fraction of sp³-hybridized carbons (Fsp3) is 0.545. The number of anilines is 1. The first-order valence-electron chi connectivity index (χ1n) is 6.04. The lowest BCUT2D eigenvalue weighted by molar-refractivity contribution is 0.251. The Morgan fingerprint density at radius 3 is 2.84 bits per heavy atom. The molecule has 1 aromatic rings. The number of carbonyl (C=O) groups excluding carboxylic acids is 1. The molecule has 2 amide bonds. The van der Waals surface area contributed by atoms with Crippen LogP contribution in [0.15, 0.2) is 10.8 Å². The maximum absolute atomic E-state index is 11.6. The van der Waals surface area contributed by atoms with E-state index in [0.29, 0.717) is 26.1 Å². The smallest absolute Gasteiger partial charge is 0.319 e. The van der Waals surface area contributed by atoms with Crippen molar-refractivity contribution in [2.24, 2.45) is 0 Å². The number of aryl methyl sites for hydroxylation is 1. The molecular weight excluding hydrogens is 286 g/mol. The highest BCUT2D eigenvalue weighted by Crippen LogP contribution is 2.18. The minimum Gasteiger partial charge on any atom is -0.337 e. The molecule has 19 heavy (non-hydrogen) atoms. The van der Waals surface area contributed by atoms with Gasteiger partial charge < -0.3 is 10.6 Å². The van der Waals surface area contributed by atoms with Crippen LogP contribution in [0.4, 0.5) is 10.5 Å². The Labute approximate surface area is 116 Å². The molecule has 2 heterocycles. The summed E-state index contributed by atoms with van der Waals surface area (Å²) in [7, 11) is -3.08. The van der Waals surface area contributed by atoms with Gasteiger partial charge in [-0.1, -0.05) is 0 Å². The number of nitrogens with zero attached hydrogens (tertiary/aromatic N) is 1. The number of carbonyl (C=O) groups is 1. The van der Waals surface area contributed by atoms with E-state index in [2.05, 4.69) is 10.6 Å².